The van der Waals surface area contributed by atoms with E-state index in [2.05, 4.69) is 4.98 Å². The second-order valence-corrected chi connectivity index (χ2v) is 5.12. The summed E-state index contributed by atoms with van der Waals surface area (Å²) in [6.07, 6.45) is 0. The number of oxazole rings is 1. The van der Waals surface area contributed by atoms with Crippen molar-refractivity contribution >= 4 is 17.1 Å². The molecule has 1 heterocycles. The highest BCUT2D eigenvalue weighted by molar-refractivity contribution is 5.82. The molecule has 1 aromatic heterocycles. The third-order valence-electron chi connectivity index (χ3n) is 2.33. The Bertz CT molecular complexity index is 613. The van der Waals surface area contributed by atoms with Gasteiger partial charge in [-0.2, -0.15) is 5.26 Å². The molecule has 0 N–H and O–H groups in total. The van der Waals surface area contributed by atoms with E-state index < -0.39 is 17.5 Å². The number of hydrogen-bond acceptors (Lipinski definition) is 5. The van der Waals surface area contributed by atoms with Crippen LogP contribution in [0.3, 0.4) is 0 Å². The van der Waals surface area contributed by atoms with Gasteiger partial charge in [0, 0.05) is 0 Å². The Kier molecular flexibility index (Phi) is 3.26. The van der Waals surface area contributed by atoms with Gasteiger partial charge in [0.2, 0.25) is 11.8 Å². The molecule has 2 rings (SSSR count). The van der Waals surface area contributed by atoms with E-state index in [1.54, 1.807) is 39.0 Å². The molecule has 2 aromatic rings. The Labute approximate surface area is 110 Å². The zero-order valence-electron chi connectivity index (χ0n) is 11.0. The molecule has 0 aliphatic carbocycles. The molecule has 5 nitrogen and oxygen atoms in total. The average Bonchev–Trinajstić information content (AvgIpc) is 2.70. The Morgan fingerprint density at radius 2 is 2.11 bits per heavy atom. The monoisotopic (exact) mass is 258 g/mol. The molecule has 0 fully saturated rings. The van der Waals surface area contributed by atoms with Crippen LogP contribution in [0.4, 0.5) is 0 Å². The highest BCUT2D eigenvalue weighted by Gasteiger charge is 2.30. The van der Waals surface area contributed by atoms with E-state index in [9.17, 15) is 4.79 Å². The highest BCUT2D eigenvalue weighted by Crippen LogP contribution is 2.23. The third-order valence-corrected chi connectivity index (χ3v) is 2.33. The topological polar surface area (TPSA) is 76.1 Å². The lowest BCUT2D eigenvalue weighted by Crippen LogP contribution is -2.27. The number of benzene rings is 1. The van der Waals surface area contributed by atoms with Crippen molar-refractivity contribution < 1.29 is 13.9 Å². The van der Waals surface area contributed by atoms with E-state index in [1.807, 2.05) is 12.1 Å². The first kappa shape index (κ1) is 13.1. The van der Waals surface area contributed by atoms with Gasteiger partial charge in [0.25, 0.3) is 0 Å². The summed E-state index contributed by atoms with van der Waals surface area (Å²) in [6.45, 7) is 5.22. The number of esters is 1. The lowest BCUT2D eigenvalue weighted by atomic mass is 10.1. The predicted octanol–water partition coefficient (Wildman–Crippen LogP) is 2.78. The number of aromatic nitrogens is 1. The number of para-hydroxylation sites is 2. The number of rotatable bonds is 2. The van der Waals surface area contributed by atoms with E-state index in [1.165, 1.54) is 0 Å². The van der Waals surface area contributed by atoms with Crippen molar-refractivity contribution in [2.45, 2.75) is 32.3 Å². The molecular formula is C14H14N2O3. The van der Waals surface area contributed by atoms with Gasteiger partial charge in [-0.05, 0) is 32.9 Å². The number of carbonyl (C=O) groups is 1. The van der Waals surface area contributed by atoms with Gasteiger partial charge in [-0.15, -0.1) is 0 Å². The maximum atomic E-state index is 11.9. The van der Waals surface area contributed by atoms with Crippen molar-refractivity contribution in [3.05, 3.63) is 30.2 Å². The predicted molar refractivity (Wildman–Crippen MR) is 68.2 cm³/mol. The number of fused-ring (bicyclic) bond motifs is 1. The van der Waals surface area contributed by atoms with Crippen molar-refractivity contribution in [1.29, 1.82) is 5.26 Å². The minimum absolute atomic E-state index is 0.0675. The van der Waals surface area contributed by atoms with Crippen LogP contribution in [0.15, 0.2) is 28.7 Å². The van der Waals surface area contributed by atoms with Crippen LogP contribution in [0.1, 0.15) is 32.6 Å². The van der Waals surface area contributed by atoms with Crippen LogP contribution >= 0.6 is 0 Å². The molecule has 0 aliphatic heterocycles. The number of nitriles is 1. The van der Waals surface area contributed by atoms with Crippen molar-refractivity contribution in [3.63, 3.8) is 0 Å². The smallest absolute Gasteiger partial charge is 0.333 e. The molecule has 1 unspecified atom stereocenters. The molecule has 19 heavy (non-hydrogen) atoms. The van der Waals surface area contributed by atoms with Gasteiger partial charge in [0.1, 0.15) is 11.1 Å². The van der Waals surface area contributed by atoms with Crippen LogP contribution < -0.4 is 0 Å². The number of hydrogen-bond donors (Lipinski definition) is 0. The van der Waals surface area contributed by atoms with Gasteiger partial charge in [-0.3, -0.25) is 4.79 Å². The van der Waals surface area contributed by atoms with Gasteiger partial charge >= 0.3 is 5.97 Å². The average molecular weight is 258 g/mol. The third kappa shape index (κ3) is 2.91. The molecule has 0 radical (unpaired) electrons. The van der Waals surface area contributed by atoms with Crippen LogP contribution in [-0.2, 0) is 9.53 Å². The Morgan fingerprint density at radius 1 is 1.42 bits per heavy atom. The highest BCUT2D eigenvalue weighted by atomic mass is 16.6. The summed E-state index contributed by atoms with van der Waals surface area (Å²) in [7, 11) is 0. The lowest BCUT2D eigenvalue weighted by molar-refractivity contribution is -0.155. The van der Waals surface area contributed by atoms with Gasteiger partial charge in [0.05, 0.1) is 6.07 Å². The van der Waals surface area contributed by atoms with E-state index in [0.29, 0.717) is 11.1 Å². The largest absolute Gasteiger partial charge is 0.459 e. The maximum absolute atomic E-state index is 11.9. The summed E-state index contributed by atoms with van der Waals surface area (Å²) in [5.74, 6) is -1.73. The lowest BCUT2D eigenvalue weighted by Gasteiger charge is -2.20. The van der Waals surface area contributed by atoms with Gasteiger partial charge in [0.15, 0.2) is 5.58 Å². The van der Waals surface area contributed by atoms with Crippen LogP contribution in [0.2, 0.25) is 0 Å². The van der Waals surface area contributed by atoms with Crippen LogP contribution in [-0.4, -0.2) is 16.6 Å². The first-order valence-electron chi connectivity index (χ1n) is 5.88. The zero-order valence-corrected chi connectivity index (χ0v) is 11.0. The standard InChI is InChI=1S/C14H14N2O3/c1-14(2,3)19-13(17)9(8-15)12-16-10-6-4-5-7-11(10)18-12/h4-7,9H,1-3H3. The Balaban J connectivity index is 2.32. The first-order valence-corrected chi connectivity index (χ1v) is 5.88. The van der Waals surface area contributed by atoms with E-state index in [4.69, 9.17) is 14.4 Å². The zero-order chi connectivity index (χ0) is 14.0. The van der Waals surface area contributed by atoms with Gasteiger partial charge in [-0.1, -0.05) is 12.1 Å². The van der Waals surface area contributed by atoms with Gasteiger partial charge in [-0.25, -0.2) is 4.98 Å². The second-order valence-electron chi connectivity index (χ2n) is 5.12. The summed E-state index contributed by atoms with van der Waals surface area (Å²) in [4.78, 5) is 16.1. The summed E-state index contributed by atoms with van der Waals surface area (Å²) >= 11 is 0. The van der Waals surface area contributed by atoms with E-state index in [-0.39, 0.29) is 5.89 Å². The summed E-state index contributed by atoms with van der Waals surface area (Å²) in [5.41, 5.74) is 0.501. The molecule has 0 saturated carbocycles. The van der Waals surface area contributed by atoms with Crippen molar-refractivity contribution in [3.8, 4) is 6.07 Å². The Morgan fingerprint density at radius 3 is 2.68 bits per heavy atom. The fraction of sp³-hybridized carbons (Fsp3) is 0.357. The van der Waals surface area contributed by atoms with Crippen LogP contribution in [0.25, 0.3) is 11.1 Å². The van der Waals surface area contributed by atoms with Crippen molar-refractivity contribution in [2.75, 3.05) is 0 Å². The molecule has 0 aliphatic rings. The fourth-order valence-corrected chi connectivity index (χ4v) is 1.58. The summed E-state index contributed by atoms with van der Waals surface area (Å²) in [5, 5.41) is 9.12. The molecule has 0 spiro atoms. The van der Waals surface area contributed by atoms with Crippen LogP contribution in [0, 0.1) is 11.3 Å². The first-order chi connectivity index (χ1) is 8.90. The van der Waals surface area contributed by atoms with Crippen molar-refractivity contribution in [2.24, 2.45) is 0 Å². The Hall–Kier alpha value is -2.35. The maximum Gasteiger partial charge on any atom is 0.333 e. The van der Waals surface area contributed by atoms with E-state index >= 15 is 0 Å². The fourth-order valence-electron chi connectivity index (χ4n) is 1.58. The number of ether oxygens (including phenoxy) is 1. The summed E-state index contributed by atoms with van der Waals surface area (Å²) in [6, 6.07) is 8.96. The molecule has 1 aromatic carbocycles. The molecule has 5 heteroatoms. The summed E-state index contributed by atoms with van der Waals surface area (Å²) < 4.78 is 10.6. The van der Waals surface area contributed by atoms with Crippen molar-refractivity contribution in [1.82, 2.24) is 4.98 Å². The molecule has 1 atom stereocenters. The van der Waals surface area contributed by atoms with Crippen LogP contribution in [0.5, 0.6) is 0 Å². The number of nitrogens with zero attached hydrogens (tertiary/aromatic N) is 2. The van der Waals surface area contributed by atoms with Gasteiger partial charge < -0.3 is 9.15 Å². The van der Waals surface area contributed by atoms with E-state index in [0.717, 1.165) is 0 Å². The molecule has 98 valence electrons. The SMILES string of the molecule is CC(C)(C)OC(=O)C(C#N)c1nc2ccccc2o1. The quantitative estimate of drug-likeness (QED) is 0.774. The minimum atomic E-state index is -1.15. The molecule has 0 amide bonds. The minimum Gasteiger partial charge on any atom is -0.459 e. The normalized spacial score (nSPS) is 12.9. The number of carbonyl (C=O) groups excluding carboxylic acids is 1. The molecule has 0 bridgehead atoms. The molecular weight excluding hydrogens is 244 g/mol. The molecule has 0 saturated heterocycles. The second kappa shape index (κ2) is 4.73.